The van der Waals surface area contributed by atoms with Crippen molar-refractivity contribution < 1.29 is 9.59 Å². The van der Waals surface area contributed by atoms with Crippen LogP contribution in [0.25, 0.3) is 5.52 Å². The summed E-state index contributed by atoms with van der Waals surface area (Å²) in [5.41, 5.74) is -0.134. The van der Waals surface area contributed by atoms with Crippen molar-refractivity contribution >= 4 is 23.0 Å². The topological polar surface area (TPSA) is 124 Å². The fourth-order valence-electron chi connectivity index (χ4n) is 2.37. The minimum Gasteiger partial charge on any atom is -0.309 e. The monoisotopic (exact) mass is 355 g/mol. The molecule has 0 atom stereocenters. The highest BCUT2D eigenvalue weighted by Crippen LogP contribution is 2.13. The summed E-state index contributed by atoms with van der Waals surface area (Å²) in [5, 5.41) is 11.0. The van der Waals surface area contributed by atoms with E-state index in [1.165, 1.54) is 36.1 Å². The lowest BCUT2D eigenvalue weighted by atomic mass is 10.2. The number of fused-ring (bicyclic) bond motifs is 1. The van der Waals surface area contributed by atoms with Crippen LogP contribution < -0.4 is 10.9 Å². The maximum absolute atomic E-state index is 12.6. The van der Waals surface area contributed by atoms with Crippen LogP contribution in [0.3, 0.4) is 0 Å². The maximum atomic E-state index is 12.6. The van der Waals surface area contributed by atoms with Crippen molar-refractivity contribution in [1.29, 1.82) is 0 Å². The Kier molecular flexibility index (Phi) is 4.57. The van der Waals surface area contributed by atoms with Crippen molar-refractivity contribution in [3.8, 4) is 0 Å². The number of hydrogen-bond acceptors (Lipinski definition) is 7. The van der Waals surface area contributed by atoms with Crippen molar-refractivity contribution in [2.45, 2.75) is 33.2 Å². The van der Waals surface area contributed by atoms with Crippen molar-refractivity contribution in [3.63, 3.8) is 0 Å². The molecule has 26 heavy (non-hydrogen) atoms. The second-order valence-electron chi connectivity index (χ2n) is 6.00. The van der Waals surface area contributed by atoms with E-state index < -0.39 is 11.5 Å². The first-order valence-corrected chi connectivity index (χ1v) is 7.94. The van der Waals surface area contributed by atoms with Gasteiger partial charge in [0.05, 0.1) is 0 Å². The number of amides is 1. The van der Waals surface area contributed by atoms with Gasteiger partial charge in [0.15, 0.2) is 11.6 Å². The van der Waals surface area contributed by atoms with Gasteiger partial charge in [0.25, 0.3) is 5.56 Å². The van der Waals surface area contributed by atoms with E-state index in [9.17, 15) is 14.4 Å². The molecule has 1 amide bonds. The van der Waals surface area contributed by atoms with E-state index in [2.05, 4.69) is 25.5 Å². The second-order valence-corrected chi connectivity index (χ2v) is 6.00. The van der Waals surface area contributed by atoms with Crippen LogP contribution in [0.4, 0.5) is 5.82 Å². The molecule has 3 heterocycles. The Morgan fingerprint density at radius 1 is 1.27 bits per heavy atom. The molecule has 3 rings (SSSR count). The molecule has 0 aromatic carbocycles. The highest BCUT2D eigenvalue weighted by atomic mass is 16.2. The third-order valence-electron chi connectivity index (χ3n) is 3.62. The Morgan fingerprint density at radius 3 is 2.65 bits per heavy atom. The summed E-state index contributed by atoms with van der Waals surface area (Å²) in [6.07, 6.45) is 2.80. The zero-order valence-corrected chi connectivity index (χ0v) is 14.5. The first-order chi connectivity index (χ1) is 12.4. The van der Waals surface area contributed by atoms with E-state index in [1.807, 2.05) is 13.8 Å². The van der Waals surface area contributed by atoms with Crippen LogP contribution in [0.2, 0.25) is 0 Å². The van der Waals surface area contributed by atoms with Gasteiger partial charge in [0.1, 0.15) is 29.9 Å². The lowest BCUT2D eigenvalue weighted by Crippen LogP contribution is -2.32. The molecule has 10 nitrogen and oxygen atoms in total. The second kappa shape index (κ2) is 6.82. The molecular weight excluding hydrogens is 338 g/mol. The molecule has 3 aromatic rings. The van der Waals surface area contributed by atoms with E-state index in [4.69, 9.17) is 0 Å². The first-order valence-electron chi connectivity index (χ1n) is 7.94. The molecule has 0 fully saturated rings. The highest BCUT2D eigenvalue weighted by Gasteiger charge is 2.19. The minimum atomic E-state index is -0.507. The number of carbonyl (C=O) groups excluding carboxylic acids is 2. The number of ketones is 1. The average Bonchev–Trinajstić information content (AvgIpc) is 3.04. The number of nitrogens with one attached hydrogen (secondary N) is 1. The number of anilines is 1. The summed E-state index contributed by atoms with van der Waals surface area (Å²) in [6, 6.07) is 2.95. The first kappa shape index (κ1) is 17.4. The molecule has 1 N–H and O–H groups in total. The molecule has 0 radical (unpaired) electrons. The smallest absolute Gasteiger partial charge is 0.293 e. The quantitative estimate of drug-likeness (QED) is 0.666. The Labute approximate surface area is 147 Å². The number of nitrogens with zero attached hydrogens (tertiary/aromatic N) is 6. The summed E-state index contributed by atoms with van der Waals surface area (Å²) < 4.78 is 2.43. The number of Topliss-reactive ketones (excluding diaryl/α,β-unsaturated/α-hetero) is 1. The van der Waals surface area contributed by atoms with Gasteiger partial charge >= 0.3 is 0 Å². The molecule has 0 unspecified atom stereocenters. The highest BCUT2D eigenvalue weighted by molar-refractivity contribution is 5.93. The predicted octanol–water partition coefficient (Wildman–Crippen LogP) is 0.646. The van der Waals surface area contributed by atoms with Gasteiger partial charge in [0.2, 0.25) is 5.91 Å². The van der Waals surface area contributed by atoms with Crippen molar-refractivity contribution in [2.24, 2.45) is 0 Å². The van der Waals surface area contributed by atoms with Crippen molar-refractivity contribution in [2.75, 3.05) is 5.32 Å². The molecule has 134 valence electrons. The van der Waals surface area contributed by atoms with E-state index in [0.29, 0.717) is 11.6 Å². The Morgan fingerprint density at radius 2 is 2.04 bits per heavy atom. The van der Waals surface area contributed by atoms with Crippen LogP contribution in [-0.4, -0.2) is 41.1 Å². The van der Waals surface area contributed by atoms with Gasteiger partial charge in [-0.3, -0.25) is 14.4 Å². The van der Waals surface area contributed by atoms with Gasteiger partial charge in [-0.2, -0.15) is 10.2 Å². The molecule has 3 aromatic heterocycles. The van der Waals surface area contributed by atoms with Gasteiger partial charge in [-0.05, 0) is 6.07 Å². The summed E-state index contributed by atoms with van der Waals surface area (Å²) in [4.78, 5) is 44.1. The van der Waals surface area contributed by atoms with Gasteiger partial charge in [-0.25, -0.2) is 19.2 Å². The van der Waals surface area contributed by atoms with Crippen molar-refractivity contribution in [1.82, 2.24) is 29.4 Å². The maximum Gasteiger partial charge on any atom is 0.293 e. The normalized spacial score (nSPS) is 11.1. The number of carbonyl (C=O) groups is 2. The summed E-state index contributed by atoms with van der Waals surface area (Å²) in [5.74, 6) is 0.0156. The van der Waals surface area contributed by atoms with Crippen LogP contribution in [0, 0.1) is 0 Å². The Hall–Kier alpha value is -3.43. The SMILES string of the molecule is CC(=O)c1cc2c(=O)n(CC(=O)Nc3ccncn3)nc(C(C)C)n2n1. The molecular formula is C16H17N7O3. The molecule has 0 saturated carbocycles. The third kappa shape index (κ3) is 3.34. The molecule has 0 aliphatic rings. The van der Waals surface area contributed by atoms with Crippen LogP contribution in [0.15, 0.2) is 29.5 Å². The van der Waals surface area contributed by atoms with Crippen LogP contribution in [0.5, 0.6) is 0 Å². The fraction of sp³-hybridized carbons (Fsp3) is 0.312. The minimum absolute atomic E-state index is 0.0750. The van der Waals surface area contributed by atoms with Gasteiger partial charge in [-0.1, -0.05) is 13.8 Å². The molecule has 0 spiro atoms. The summed E-state index contributed by atoms with van der Waals surface area (Å²) in [6.45, 7) is 4.84. The Bertz CT molecular complexity index is 1040. The van der Waals surface area contributed by atoms with E-state index in [1.54, 1.807) is 0 Å². The molecule has 0 saturated heterocycles. The van der Waals surface area contributed by atoms with Crippen LogP contribution in [-0.2, 0) is 11.3 Å². The lowest BCUT2D eigenvalue weighted by molar-refractivity contribution is -0.117. The lowest BCUT2D eigenvalue weighted by Gasteiger charge is -2.11. The van der Waals surface area contributed by atoms with Gasteiger partial charge in [0, 0.05) is 25.1 Å². The average molecular weight is 355 g/mol. The zero-order valence-electron chi connectivity index (χ0n) is 14.5. The fourth-order valence-corrected chi connectivity index (χ4v) is 2.37. The predicted molar refractivity (Wildman–Crippen MR) is 92.0 cm³/mol. The zero-order chi connectivity index (χ0) is 18.8. The van der Waals surface area contributed by atoms with E-state index >= 15 is 0 Å². The summed E-state index contributed by atoms with van der Waals surface area (Å²) in [7, 11) is 0. The molecule has 0 aliphatic heterocycles. The third-order valence-corrected chi connectivity index (χ3v) is 3.62. The van der Waals surface area contributed by atoms with Gasteiger partial charge < -0.3 is 5.32 Å². The Balaban J connectivity index is 2.00. The van der Waals surface area contributed by atoms with Crippen LogP contribution >= 0.6 is 0 Å². The van der Waals surface area contributed by atoms with E-state index in [0.717, 1.165) is 4.68 Å². The molecule has 10 heteroatoms. The molecule has 0 bridgehead atoms. The largest absolute Gasteiger partial charge is 0.309 e. The van der Waals surface area contributed by atoms with Crippen LogP contribution in [0.1, 0.15) is 43.0 Å². The van der Waals surface area contributed by atoms with Crippen molar-refractivity contribution in [3.05, 3.63) is 46.5 Å². The molecule has 0 aliphatic carbocycles. The van der Waals surface area contributed by atoms with Gasteiger partial charge in [-0.15, -0.1) is 0 Å². The standard InChI is InChI=1S/C16H17N7O3/c1-9(2)15-21-22(7-14(25)19-13-4-5-17-8-18-13)16(26)12-6-11(10(3)24)20-23(12)15/h4-6,8-9H,7H2,1-3H3,(H,17,18,19,25). The summed E-state index contributed by atoms with van der Waals surface area (Å²) >= 11 is 0. The van der Waals surface area contributed by atoms with E-state index in [-0.39, 0.29) is 29.5 Å². The number of aromatic nitrogens is 6. The number of hydrogen-bond donors (Lipinski definition) is 1. The number of rotatable bonds is 5.